The van der Waals surface area contributed by atoms with Crippen LogP contribution in [-0.4, -0.2) is 37.0 Å². The third-order valence-corrected chi connectivity index (χ3v) is 2.35. The Morgan fingerprint density at radius 1 is 1.28 bits per heavy atom. The van der Waals surface area contributed by atoms with E-state index in [1.165, 1.54) is 6.92 Å². The van der Waals surface area contributed by atoms with Gasteiger partial charge in [-0.2, -0.15) is 0 Å². The first-order valence-electron chi connectivity index (χ1n) is 5.69. The normalized spacial score (nSPS) is 12.0. The van der Waals surface area contributed by atoms with Gasteiger partial charge in [0.1, 0.15) is 0 Å². The van der Waals surface area contributed by atoms with E-state index in [9.17, 15) is 9.59 Å². The quantitative estimate of drug-likeness (QED) is 0.764. The Hall–Kier alpha value is -1.88. The first kappa shape index (κ1) is 14.2. The van der Waals surface area contributed by atoms with Crippen molar-refractivity contribution >= 4 is 11.8 Å². The van der Waals surface area contributed by atoms with Crippen molar-refractivity contribution in [1.29, 1.82) is 0 Å². The molecule has 1 atom stereocenters. The van der Waals surface area contributed by atoms with Crippen LogP contribution in [0.25, 0.3) is 0 Å². The summed E-state index contributed by atoms with van der Waals surface area (Å²) in [5, 5.41) is 6.53. The van der Waals surface area contributed by atoms with E-state index >= 15 is 0 Å². The van der Waals surface area contributed by atoms with Gasteiger partial charge in [-0.15, -0.1) is 0 Å². The molecule has 5 nitrogen and oxygen atoms in total. The first-order chi connectivity index (χ1) is 8.50. The number of hydrogen-bond donors (Lipinski definition) is 1. The Balaban J connectivity index is 2.54. The minimum Gasteiger partial charge on any atom is -0.333 e. The molecule has 0 spiro atoms. The summed E-state index contributed by atoms with van der Waals surface area (Å²) in [7, 11) is 3.44. The molecule has 1 unspecified atom stereocenters. The van der Waals surface area contributed by atoms with Crippen molar-refractivity contribution in [2.24, 2.45) is 0 Å². The van der Waals surface area contributed by atoms with E-state index in [2.05, 4.69) is 10.6 Å². The molecule has 97 valence electrons. The summed E-state index contributed by atoms with van der Waals surface area (Å²) in [6.07, 6.45) is -0.703. The zero-order valence-corrected chi connectivity index (χ0v) is 10.9. The van der Waals surface area contributed by atoms with Crippen molar-refractivity contribution in [2.45, 2.75) is 19.6 Å². The largest absolute Gasteiger partial charge is 0.333 e. The third kappa shape index (κ3) is 4.55. The van der Waals surface area contributed by atoms with Crippen LogP contribution >= 0.6 is 0 Å². The zero-order chi connectivity index (χ0) is 13.5. The number of carbonyl (C=O) groups is 2. The Morgan fingerprint density at radius 3 is 2.39 bits per heavy atom. The minimum absolute atomic E-state index is 0.253. The van der Waals surface area contributed by atoms with Crippen LogP contribution in [-0.2, 0) is 16.1 Å². The van der Waals surface area contributed by atoms with Gasteiger partial charge < -0.3 is 5.32 Å². The molecule has 0 bridgehead atoms. The molecule has 1 aromatic carbocycles. The van der Waals surface area contributed by atoms with Crippen LogP contribution < -0.4 is 10.6 Å². The van der Waals surface area contributed by atoms with Gasteiger partial charge in [-0.25, -0.2) is 5.32 Å². The molecule has 1 radical (unpaired) electrons. The molecule has 1 aromatic rings. The molecule has 0 fully saturated rings. The summed E-state index contributed by atoms with van der Waals surface area (Å²) in [6.45, 7) is 1.70. The monoisotopic (exact) mass is 248 g/mol. The summed E-state index contributed by atoms with van der Waals surface area (Å²) in [5.74, 6) is -0.601. The second-order valence-corrected chi connectivity index (χ2v) is 4.21. The Labute approximate surface area is 107 Å². The lowest BCUT2D eigenvalue weighted by atomic mass is 10.2. The van der Waals surface area contributed by atoms with E-state index in [0.29, 0.717) is 6.54 Å². The van der Waals surface area contributed by atoms with Crippen LogP contribution in [0.15, 0.2) is 30.3 Å². The van der Waals surface area contributed by atoms with Gasteiger partial charge >= 0.3 is 0 Å². The number of carbonyl (C=O) groups excluding carboxylic acids is 2. The highest BCUT2D eigenvalue weighted by atomic mass is 16.2. The number of benzene rings is 1. The predicted octanol–water partition coefficient (Wildman–Crippen LogP) is 0.341. The molecule has 0 heterocycles. The Bertz CT molecular complexity index is 404. The summed E-state index contributed by atoms with van der Waals surface area (Å²) in [4.78, 5) is 24.5. The van der Waals surface area contributed by atoms with Gasteiger partial charge in [-0.3, -0.25) is 14.5 Å². The predicted molar refractivity (Wildman–Crippen MR) is 68.6 cm³/mol. The third-order valence-electron chi connectivity index (χ3n) is 2.35. The van der Waals surface area contributed by atoms with Crippen molar-refractivity contribution in [3.05, 3.63) is 35.9 Å². The molecule has 0 saturated heterocycles. The lowest BCUT2D eigenvalue weighted by Gasteiger charge is -2.22. The van der Waals surface area contributed by atoms with E-state index in [1.807, 2.05) is 30.3 Å². The second-order valence-electron chi connectivity index (χ2n) is 4.21. The highest BCUT2D eigenvalue weighted by Gasteiger charge is 2.22. The molecule has 1 rings (SSSR count). The fraction of sp³-hybridized carbons (Fsp3) is 0.385. The van der Waals surface area contributed by atoms with Gasteiger partial charge in [0, 0.05) is 6.92 Å². The maximum Gasteiger partial charge on any atom is 0.279 e. The molecule has 0 aliphatic carbocycles. The van der Waals surface area contributed by atoms with Crippen LogP contribution in [0.3, 0.4) is 0 Å². The van der Waals surface area contributed by atoms with Gasteiger partial charge in [0.25, 0.3) is 5.91 Å². The highest BCUT2D eigenvalue weighted by molar-refractivity contribution is 5.86. The van der Waals surface area contributed by atoms with E-state index in [0.717, 1.165) is 5.56 Å². The van der Waals surface area contributed by atoms with E-state index in [-0.39, 0.29) is 11.8 Å². The summed E-state index contributed by atoms with van der Waals surface area (Å²) in [6, 6.07) is 9.50. The van der Waals surface area contributed by atoms with Gasteiger partial charge in [-0.05, 0) is 19.7 Å². The van der Waals surface area contributed by atoms with Gasteiger partial charge in [0.2, 0.25) is 5.91 Å². The molecule has 0 aromatic heterocycles. The molecule has 0 aliphatic rings. The second kappa shape index (κ2) is 6.76. The average molecular weight is 248 g/mol. The van der Waals surface area contributed by atoms with E-state index in [1.54, 1.807) is 19.0 Å². The maximum atomic E-state index is 11.9. The average Bonchev–Trinajstić information content (AvgIpc) is 2.34. The number of nitrogens with zero attached hydrogens (tertiary/aromatic N) is 2. The van der Waals surface area contributed by atoms with Crippen molar-refractivity contribution in [1.82, 2.24) is 15.5 Å². The number of rotatable bonds is 5. The summed E-state index contributed by atoms with van der Waals surface area (Å²) in [5.41, 5.74) is 0.964. The number of amides is 2. The van der Waals surface area contributed by atoms with Gasteiger partial charge in [-0.1, -0.05) is 30.3 Å². The topological polar surface area (TPSA) is 63.5 Å². The maximum absolute atomic E-state index is 11.9. The minimum atomic E-state index is -0.703. The molecule has 0 saturated carbocycles. The van der Waals surface area contributed by atoms with Crippen LogP contribution in [0.5, 0.6) is 0 Å². The fourth-order valence-corrected chi connectivity index (χ4v) is 1.44. The first-order valence-corrected chi connectivity index (χ1v) is 5.69. The molecular weight excluding hydrogens is 230 g/mol. The van der Waals surface area contributed by atoms with Crippen molar-refractivity contribution in [2.75, 3.05) is 14.1 Å². The Kier molecular flexibility index (Phi) is 5.32. The van der Waals surface area contributed by atoms with E-state index < -0.39 is 6.17 Å². The Morgan fingerprint density at radius 2 is 1.89 bits per heavy atom. The molecule has 1 N–H and O–H groups in total. The van der Waals surface area contributed by atoms with Crippen molar-refractivity contribution in [3.8, 4) is 0 Å². The standard InChI is InChI=1S/C13H18N3O2/c1-10(17)15-12(16(2)3)13(18)14-9-11-7-5-4-6-8-11/h4-8,12H,9H2,1-3H3,(H,15,17). The van der Waals surface area contributed by atoms with Gasteiger partial charge in [0.05, 0.1) is 6.54 Å². The van der Waals surface area contributed by atoms with Crippen LogP contribution in [0, 0.1) is 0 Å². The fourth-order valence-electron chi connectivity index (χ4n) is 1.44. The lowest BCUT2D eigenvalue weighted by Crippen LogP contribution is -2.52. The number of hydrogen-bond acceptors (Lipinski definition) is 3. The smallest absolute Gasteiger partial charge is 0.279 e. The summed E-state index contributed by atoms with van der Waals surface area (Å²) >= 11 is 0. The molecular formula is C13H18N3O2. The van der Waals surface area contributed by atoms with Crippen LogP contribution in [0.2, 0.25) is 0 Å². The van der Waals surface area contributed by atoms with Crippen molar-refractivity contribution < 1.29 is 9.59 Å². The van der Waals surface area contributed by atoms with Crippen LogP contribution in [0.4, 0.5) is 0 Å². The van der Waals surface area contributed by atoms with Crippen LogP contribution in [0.1, 0.15) is 12.5 Å². The number of likely N-dealkylation sites (N-methyl/N-ethyl adjacent to an activating group) is 1. The molecule has 18 heavy (non-hydrogen) atoms. The molecule has 0 aliphatic heterocycles. The van der Waals surface area contributed by atoms with E-state index in [4.69, 9.17) is 0 Å². The molecule has 2 amide bonds. The van der Waals surface area contributed by atoms with Crippen molar-refractivity contribution in [3.63, 3.8) is 0 Å². The highest BCUT2D eigenvalue weighted by Crippen LogP contribution is 1.99. The molecule has 5 heteroatoms. The zero-order valence-electron chi connectivity index (χ0n) is 10.9. The lowest BCUT2D eigenvalue weighted by molar-refractivity contribution is -0.132. The SMILES string of the molecule is CC(=O)NC(C(=O)[N]Cc1ccccc1)N(C)C. The number of nitrogens with one attached hydrogen (secondary N) is 1. The summed E-state index contributed by atoms with van der Waals surface area (Å²) < 4.78 is 0. The van der Waals surface area contributed by atoms with Gasteiger partial charge in [0.15, 0.2) is 6.17 Å².